The second kappa shape index (κ2) is 10.4. The van der Waals surface area contributed by atoms with Crippen molar-refractivity contribution in [3.05, 3.63) is 114 Å². The SMILES string of the molecule is CCc1ccc(-n2c(=S)sc3c(=O)n(-c4ccc(F)cc4)c(SCc4cccc([N+](=O)[O-])c4)nc32)cc1. The Morgan fingerprint density at radius 2 is 1.70 bits per heavy atom. The van der Waals surface area contributed by atoms with Gasteiger partial charge in [-0.15, -0.1) is 0 Å². The summed E-state index contributed by atoms with van der Waals surface area (Å²) in [4.78, 5) is 29.4. The first-order valence-electron chi connectivity index (χ1n) is 11.3. The number of benzene rings is 3. The Morgan fingerprint density at radius 1 is 1.03 bits per heavy atom. The van der Waals surface area contributed by atoms with Gasteiger partial charge in [0.25, 0.3) is 11.2 Å². The van der Waals surface area contributed by atoms with E-state index in [0.29, 0.717) is 36.5 Å². The van der Waals surface area contributed by atoms with Crippen LogP contribution in [0, 0.1) is 19.9 Å². The second-order valence-corrected chi connectivity index (χ2v) is 10.7. The molecule has 5 rings (SSSR count). The summed E-state index contributed by atoms with van der Waals surface area (Å²) in [5, 5.41) is 11.6. The molecule has 0 bridgehead atoms. The molecule has 0 fully saturated rings. The number of halogens is 1. The largest absolute Gasteiger partial charge is 0.278 e. The molecular weight excluding hydrogens is 532 g/mol. The zero-order chi connectivity index (χ0) is 26.1. The third-order valence-corrected chi connectivity index (χ3v) is 8.11. The third-order valence-electron chi connectivity index (χ3n) is 5.75. The Hall–Kier alpha value is -3.67. The standard InChI is InChI=1S/C26H19FN4O3S3/c1-2-16-6-10-19(11-7-16)29-23-22(37-26(29)35)24(32)30(20-12-8-18(27)9-13-20)25(28-23)36-15-17-4-3-5-21(14-17)31(33)34/h3-14H,2,15H2,1H3. The van der Waals surface area contributed by atoms with Crippen molar-refractivity contribution in [2.24, 2.45) is 0 Å². The van der Waals surface area contributed by atoms with E-state index < -0.39 is 10.7 Å². The Balaban J connectivity index is 1.67. The van der Waals surface area contributed by atoms with Gasteiger partial charge in [0.15, 0.2) is 14.8 Å². The molecule has 5 aromatic rings. The quantitative estimate of drug-likeness (QED) is 0.0723. The van der Waals surface area contributed by atoms with E-state index in [-0.39, 0.29) is 11.2 Å². The predicted molar refractivity (Wildman–Crippen MR) is 147 cm³/mol. The van der Waals surface area contributed by atoms with Crippen LogP contribution in [0.5, 0.6) is 0 Å². The summed E-state index contributed by atoms with van der Waals surface area (Å²) in [6.07, 6.45) is 0.898. The fourth-order valence-corrected chi connectivity index (χ4v) is 6.12. The van der Waals surface area contributed by atoms with Crippen molar-refractivity contribution in [1.29, 1.82) is 0 Å². The van der Waals surface area contributed by atoms with Crippen LogP contribution in [0.3, 0.4) is 0 Å². The Bertz CT molecular complexity index is 1740. The molecule has 0 amide bonds. The number of nitrogens with zero attached hydrogens (tertiary/aromatic N) is 4. The van der Waals surface area contributed by atoms with Crippen LogP contribution in [0.2, 0.25) is 0 Å². The van der Waals surface area contributed by atoms with Gasteiger partial charge in [0, 0.05) is 23.6 Å². The van der Waals surface area contributed by atoms with Crippen LogP contribution in [0.4, 0.5) is 10.1 Å². The normalized spacial score (nSPS) is 11.2. The number of thioether (sulfide) groups is 1. The van der Waals surface area contributed by atoms with Crippen LogP contribution in [0.25, 0.3) is 21.7 Å². The fraction of sp³-hybridized carbons (Fsp3) is 0.115. The van der Waals surface area contributed by atoms with Crippen LogP contribution < -0.4 is 5.56 Å². The van der Waals surface area contributed by atoms with E-state index in [1.165, 1.54) is 69.6 Å². The highest BCUT2D eigenvalue weighted by atomic mass is 32.2. The number of rotatable bonds is 7. The highest BCUT2D eigenvalue weighted by molar-refractivity contribution is 7.98. The molecule has 0 atom stereocenters. The second-order valence-electron chi connectivity index (χ2n) is 8.10. The van der Waals surface area contributed by atoms with E-state index >= 15 is 0 Å². The number of hydrogen-bond acceptors (Lipinski definition) is 7. The molecule has 37 heavy (non-hydrogen) atoms. The number of fused-ring (bicyclic) bond motifs is 1. The molecular formula is C26H19FN4O3S3. The molecule has 0 aliphatic rings. The van der Waals surface area contributed by atoms with Crippen molar-refractivity contribution in [3.63, 3.8) is 0 Å². The predicted octanol–water partition coefficient (Wildman–Crippen LogP) is 6.87. The lowest BCUT2D eigenvalue weighted by molar-refractivity contribution is -0.384. The van der Waals surface area contributed by atoms with E-state index in [2.05, 4.69) is 6.92 Å². The average molecular weight is 551 g/mol. The van der Waals surface area contributed by atoms with Crippen LogP contribution >= 0.6 is 35.3 Å². The molecule has 3 aromatic carbocycles. The highest BCUT2D eigenvalue weighted by Gasteiger charge is 2.19. The van der Waals surface area contributed by atoms with E-state index in [1.807, 2.05) is 24.3 Å². The van der Waals surface area contributed by atoms with Gasteiger partial charge in [-0.3, -0.25) is 24.0 Å². The molecule has 0 N–H and O–H groups in total. The molecule has 7 nitrogen and oxygen atoms in total. The van der Waals surface area contributed by atoms with Gasteiger partial charge in [-0.1, -0.05) is 54.3 Å². The smallest absolute Gasteiger partial charge is 0.275 e. The van der Waals surface area contributed by atoms with Gasteiger partial charge in [0.05, 0.1) is 10.6 Å². The molecule has 0 spiro atoms. The van der Waals surface area contributed by atoms with Crippen molar-refractivity contribution in [3.8, 4) is 11.4 Å². The summed E-state index contributed by atoms with van der Waals surface area (Å²) in [6, 6.07) is 19.8. The molecule has 186 valence electrons. The number of nitro groups is 1. The molecule has 0 saturated carbocycles. The molecule has 0 aliphatic heterocycles. The van der Waals surface area contributed by atoms with Crippen molar-refractivity contribution < 1.29 is 9.31 Å². The van der Waals surface area contributed by atoms with Gasteiger partial charge in [-0.05, 0) is 66.2 Å². The van der Waals surface area contributed by atoms with E-state index in [4.69, 9.17) is 17.2 Å². The molecule has 0 unspecified atom stereocenters. The Labute approximate surface area is 224 Å². The zero-order valence-corrected chi connectivity index (χ0v) is 21.9. The lowest BCUT2D eigenvalue weighted by Crippen LogP contribution is -2.21. The van der Waals surface area contributed by atoms with Gasteiger partial charge in [-0.25, -0.2) is 9.37 Å². The minimum atomic E-state index is -0.448. The average Bonchev–Trinajstić information content (AvgIpc) is 3.24. The van der Waals surface area contributed by atoms with E-state index in [9.17, 15) is 19.3 Å². The lowest BCUT2D eigenvalue weighted by atomic mass is 10.1. The third kappa shape index (κ3) is 4.97. The van der Waals surface area contributed by atoms with Crippen molar-refractivity contribution >= 4 is 51.4 Å². The molecule has 2 aromatic heterocycles. The molecule has 0 aliphatic carbocycles. The number of non-ortho nitro benzene ring substituents is 1. The summed E-state index contributed by atoms with van der Waals surface area (Å²) in [6.45, 7) is 2.07. The minimum Gasteiger partial charge on any atom is -0.275 e. The van der Waals surface area contributed by atoms with Crippen LogP contribution in [-0.4, -0.2) is 19.0 Å². The van der Waals surface area contributed by atoms with Crippen LogP contribution in [0.1, 0.15) is 18.1 Å². The maximum atomic E-state index is 13.8. The Morgan fingerprint density at radius 3 is 2.38 bits per heavy atom. The maximum absolute atomic E-state index is 13.8. The monoisotopic (exact) mass is 550 g/mol. The van der Waals surface area contributed by atoms with Gasteiger partial charge >= 0.3 is 0 Å². The van der Waals surface area contributed by atoms with E-state index in [1.54, 1.807) is 16.7 Å². The first-order valence-corrected chi connectivity index (χ1v) is 13.5. The number of aromatic nitrogens is 3. The van der Waals surface area contributed by atoms with Gasteiger partial charge in [0.2, 0.25) is 0 Å². The molecule has 0 saturated heterocycles. The minimum absolute atomic E-state index is 0.0145. The van der Waals surface area contributed by atoms with Crippen molar-refractivity contribution in [1.82, 2.24) is 14.1 Å². The fourth-order valence-electron chi connectivity index (χ4n) is 3.87. The summed E-state index contributed by atoms with van der Waals surface area (Å²) in [5.74, 6) is -0.0920. The number of thiazole rings is 1. The van der Waals surface area contributed by atoms with Crippen LogP contribution in [0.15, 0.2) is 82.7 Å². The van der Waals surface area contributed by atoms with Gasteiger partial charge in [0.1, 0.15) is 10.5 Å². The Kier molecular flexibility index (Phi) is 7.00. The topological polar surface area (TPSA) is 83.0 Å². The zero-order valence-electron chi connectivity index (χ0n) is 19.5. The summed E-state index contributed by atoms with van der Waals surface area (Å²) >= 11 is 8.06. The van der Waals surface area contributed by atoms with Crippen LogP contribution in [-0.2, 0) is 12.2 Å². The summed E-state index contributed by atoms with van der Waals surface area (Å²) in [7, 11) is 0. The summed E-state index contributed by atoms with van der Waals surface area (Å²) < 4.78 is 17.7. The molecule has 0 radical (unpaired) electrons. The molecule has 2 heterocycles. The van der Waals surface area contributed by atoms with Gasteiger partial charge < -0.3 is 0 Å². The molecule has 11 heteroatoms. The lowest BCUT2D eigenvalue weighted by Gasteiger charge is -2.13. The van der Waals surface area contributed by atoms with Crippen molar-refractivity contribution in [2.75, 3.05) is 0 Å². The first-order chi connectivity index (χ1) is 17.9. The van der Waals surface area contributed by atoms with Crippen molar-refractivity contribution in [2.45, 2.75) is 24.3 Å². The first kappa shape index (κ1) is 25.0. The number of aryl methyl sites for hydroxylation is 1. The number of hydrogen-bond donors (Lipinski definition) is 0. The summed E-state index contributed by atoms with van der Waals surface area (Å²) in [5.41, 5.74) is 3.24. The highest BCUT2D eigenvalue weighted by Crippen LogP contribution is 2.29. The number of nitro benzene ring substituents is 1. The van der Waals surface area contributed by atoms with Gasteiger partial charge in [-0.2, -0.15) is 0 Å². The maximum Gasteiger partial charge on any atom is 0.278 e. The van der Waals surface area contributed by atoms with E-state index in [0.717, 1.165) is 12.1 Å².